The van der Waals surface area contributed by atoms with E-state index in [1.165, 1.54) is 4.57 Å². The van der Waals surface area contributed by atoms with Crippen molar-refractivity contribution in [3.05, 3.63) is 98.1 Å². The highest BCUT2D eigenvalue weighted by molar-refractivity contribution is 7.89. The van der Waals surface area contributed by atoms with Crippen molar-refractivity contribution in [3.8, 4) is 11.1 Å². The van der Waals surface area contributed by atoms with Crippen LogP contribution in [-0.2, 0) is 66.1 Å². The van der Waals surface area contributed by atoms with Crippen LogP contribution in [0.1, 0.15) is 105 Å². The molecule has 8 amide bonds. The summed E-state index contributed by atoms with van der Waals surface area (Å²) in [5.74, 6) is -2.89. The number of aromatic amines is 1. The number of aryl methyl sites for hydroxylation is 1. The average Bonchev–Trinajstić information content (AvgIpc) is 3.96. The third-order valence-electron chi connectivity index (χ3n) is 15.5. The molecule has 2 aromatic carbocycles. The number of pyridine rings is 1. The molecule has 400 valence electrons. The molecule has 6 aliphatic rings. The van der Waals surface area contributed by atoms with E-state index in [-0.39, 0.29) is 73.2 Å². The number of aromatic nitrogens is 2. The Balaban J connectivity index is 0.793. The van der Waals surface area contributed by atoms with Crippen LogP contribution in [0.4, 0.5) is 5.69 Å². The molecule has 1 aliphatic carbocycles. The summed E-state index contributed by atoms with van der Waals surface area (Å²) in [6.07, 6.45) is 10.9. The van der Waals surface area contributed by atoms with Gasteiger partial charge in [0, 0.05) is 129 Å². The predicted octanol–water partition coefficient (Wildman–Crippen LogP) is 1.80. The molecule has 5 aliphatic heterocycles. The Hall–Kier alpha value is -7.46. The minimum atomic E-state index is -3.65. The summed E-state index contributed by atoms with van der Waals surface area (Å²) < 4.78 is 27.5. The van der Waals surface area contributed by atoms with Crippen LogP contribution in [0.2, 0.25) is 0 Å². The zero-order valence-corrected chi connectivity index (χ0v) is 43.4. The van der Waals surface area contributed by atoms with E-state index in [0.717, 1.165) is 86.2 Å². The van der Waals surface area contributed by atoms with Gasteiger partial charge in [0.25, 0.3) is 35.1 Å². The number of carbonyl (C=O) groups is 8. The molecule has 1 saturated carbocycles. The number of nitrogens with one attached hydrogen (secondary N) is 5. The standard InChI is InChI=1S/C54H62N10O11S/c1-60-27-39-37-24-34(30-76(2,74)75)36(50(69)56-16-4-19-61-20-13-31(14-21-61)23-33-5-3-6-35-38(33)29-64(53(35)72)41-9-10-44(66)58-51(41)70)25-42(37)62(26-32-7-8-32)28-40-47(39)49(54(60)73)59-48(40)52(71)57-18-17-55-43(65)15-22-63-45(67)11-12-46(63)68/h3,5-6,11-12,24-25,27,31-32,41,59H,4,7-10,13-23,26,28-30H2,1-2H3,(H,55,65)(H,56,69)(H,57,71)(H,58,66,70). The van der Waals surface area contributed by atoms with Crippen molar-refractivity contribution in [2.45, 2.75) is 82.7 Å². The fraction of sp³-hybridized carbons (Fsp3) is 0.463. The van der Waals surface area contributed by atoms with Crippen LogP contribution in [0.3, 0.4) is 0 Å². The zero-order valence-electron chi connectivity index (χ0n) is 42.6. The summed E-state index contributed by atoms with van der Waals surface area (Å²) in [7, 11) is -2.05. The first kappa shape index (κ1) is 52.0. The maximum absolute atomic E-state index is 14.3. The molecule has 7 heterocycles. The molecule has 5 N–H and O–H groups in total. The minimum Gasteiger partial charge on any atom is -0.366 e. The Kier molecular flexibility index (Phi) is 14.6. The smallest absolute Gasteiger partial charge is 0.274 e. The fourth-order valence-electron chi connectivity index (χ4n) is 11.4. The maximum Gasteiger partial charge on any atom is 0.274 e. The number of carbonyl (C=O) groups excluding carboxylic acids is 8. The molecule has 1 atom stereocenters. The molecule has 0 bridgehead atoms. The third-order valence-corrected chi connectivity index (χ3v) is 16.4. The molecule has 10 rings (SSSR count). The van der Waals surface area contributed by atoms with Crippen molar-refractivity contribution >= 4 is 73.7 Å². The topological polar surface area (TPSA) is 270 Å². The second-order valence-corrected chi connectivity index (χ2v) is 23.2. The van der Waals surface area contributed by atoms with Gasteiger partial charge in [-0.25, -0.2) is 8.42 Å². The van der Waals surface area contributed by atoms with E-state index in [1.54, 1.807) is 30.3 Å². The monoisotopic (exact) mass is 1060 g/mol. The van der Waals surface area contributed by atoms with Crippen LogP contribution in [0, 0.1) is 11.8 Å². The van der Waals surface area contributed by atoms with Crippen LogP contribution in [0.15, 0.2) is 53.5 Å². The molecule has 3 fully saturated rings. The average molecular weight is 1060 g/mol. The van der Waals surface area contributed by atoms with E-state index in [0.29, 0.717) is 83.2 Å². The minimum absolute atomic E-state index is 0.0312. The lowest BCUT2D eigenvalue weighted by molar-refractivity contribution is -0.138. The van der Waals surface area contributed by atoms with E-state index in [2.05, 4.69) is 42.1 Å². The van der Waals surface area contributed by atoms with Gasteiger partial charge in [-0.3, -0.25) is 53.4 Å². The molecular formula is C54H62N10O11S. The molecule has 22 heteroatoms. The first-order valence-electron chi connectivity index (χ1n) is 26.1. The van der Waals surface area contributed by atoms with E-state index in [9.17, 15) is 51.6 Å². The van der Waals surface area contributed by atoms with Gasteiger partial charge in [-0.15, -0.1) is 0 Å². The van der Waals surface area contributed by atoms with Gasteiger partial charge in [0.2, 0.25) is 17.7 Å². The third kappa shape index (κ3) is 11.0. The Morgan fingerprint density at radius 3 is 2.24 bits per heavy atom. The highest BCUT2D eigenvalue weighted by atomic mass is 32.2. The SMILES string of the molecule is Cn1cc2c3c(c(C(=O)NCCNC(=O)CCN4C(=O)C=CC4=O)[nH]c3c1=O)CN(CC1CC1)c1cc(C(=O)NCCCN3CCC(Cc4cccc5c4CN(C4CCC(=O)NC4=O)C5=O)CC3)c(CS(C)(=O)=O)cc1-2. The summed E-state index contributed by atoms with van der Waals surface area (Å²) >= 11 is 0. The summed E-state index contributed by atoms with van der Waals surface area (Å²) in [6.45, 7) is 3.96. The van der Waals surface area contributed by atoms with Gasteiger partial charge in [-0.1, -0.05) is 12.1 Å². The van der Waals surface area contributed by atoms with Crippen molar-refractivity contribution < 1.29 is 46.8 Å². The summed E-state index contributed by atoms with van der Waals surface area (Å²) in [4.78, 5) is 126. The zero-order chi connectivity index (χ0) is 53.6. The normalized spacial score (nSPS) is 18.8. The number of piperidine rings is 2. The number of fused-ring (bicyclic) bond motifs is 3. The summed E-state index contributed by atoms with van der Waals surface area (Å²) in [6, 6.07) is 8.60. The molecular weight excluding hydrogens is 997 g/mol. The Morgan fingerprint density at radius 1 is 0.776 bits per heavy atom. The molecule has 4 aromatic rings. The van der Waals surface area contributed by atoms with Crippen LogP contribution >= 0.6 is 0 Å². The van der Waals surface area contributed by atoms with Crippen molar-refractivity contribution in [3.63, 3.8) is 0 Å². The van der Waals surface area contributed by atoms with E-state index < -0.39 is 57.1 Å². The van der Waals surface area contributed by atoms with Gasteiger partial charge >= 0.3 is 0 Å². The van der Waals surface area contributed by atoms with Crippen molar-refractivity contribution in [2.24, 2.45) is 18.9 Å². The number of hydrogen-bond acceptors (Lipinski definition) is 13. The van der Waals surface area contributed by atoms with Gasteiger partial charge in [0.15, 0.2) is 9.84 Å². The van der Waals surface area contributed by atoms with Gasteiger partial charge in [0.1, 0.15) is 17.3 Å². The van der Waals surface area contributed by atoms with Crippen LogP contribution in [0.25, 0.3) is 22.0 Å². The molecule has 2 aromatic heterocycles. The summed E-state index contributed by atoms with van der Waals surface area (Å²) in [5.41, 5.74) is 5.66. The van der Waals surface area contributed by atoms with Gasteiger partial charge in [-0.2, -0.15) is 0 Å². The maximum atomic E-state index is 14.3. The predicted molar refractivity (Wildman–Crippen MR) is 279 cm³/mol. The number of hydrogen-bond donors (Lipinski definition) is 5. The van der Waals surface area contributed by atoms with Gasteiger partial charge in [-0.05, 0) is 111 Å². The number of nitrogens with zero attached hydrogens (tertiary/aromatic N) is 5. The molecule has 76 heavy (non-hydrogen) atoms. The first-order chi connectivity index (χ1) is 36.4. The number of benzene rings is 2. The van der Waals surface area contributed by atoms with E-state index >= 15 is 0 Å². The Morgan fingerprint density at radius 2 is 1.51 bits per heavy atom. The second kappa shape index (κ2) is 21.3. The number of rotatable bonds is 19. The van der Waals surface area contributed by atoms with Crippen molar-refractivity contribution in [1.29, 1.82) is 0 Å². The van der Waals surface area contributed by atoms with Gasteiger partial charge < -0.3 is 40.2 Å². The molecule has 2 saturated heterocycles. The second-order valence-electron chi connectivity index (χ2n) is 21.1. The Labute approximate surface area is 438 Å². The van der Waals surface area contributed by atoms with Crippen LogP contribution in [-0.4, -0.2) is 145 Å². The number of amides is 8. The van der Waals surface area contributed by atoms with Crippen molar-refractivity contribution in [2.75, 3.05) is 63.5 Å². The number of sulfone groups is 1. The number of H-pyrrole nitrogens is 1. The lowest BCUT2D eigenvalue weighted by Gasteiger charge is -2.32. The van der Waals surface area contributed by atoms with E-state index in [4.69, 9.17) is 0 Å². The highest BCUT2D eigenvalue weighted by Gasteiger charge is 2.40. The largest absolute Gasteiger partial charge is 0.366 e. The molecule has 0 spiro atoms. The lowest BCUT2D eigenvalue weighted by Crippen LogP contribution is -2.52. The Bertz CT molecular complexity index is 3300. The fourth-order valence-corrected chi connectivity index (χ4v) is 12.2. The molecule has 1 unspecified atom stereocenters. The van der Waals surface area contributed by atoms with Crippen LogP contribution in [0.5, 0.6) is 0 Å². The number of likely N-dealkylation sites (tertiary alicyclic amines) is 1. The highest BCUT2D eigenvalue weighted by Crippen LogP contribution is 2.45. The lowest BCUT2D eigenvalue weighted by atomic mass is 9.87. The van der Waals surface area contributed by atoms with E-state index in [1.807, 2.05) is 12.1 Å². The summed E-state index contributed by atoms with van der Waals surface area (Å²) in [5, 5.41) is 11.5. The van der Waals surface area contributed by atoms with Crippen LogP contribution < -0.4 is 31.7 Å². The first-order valence-corrected chi connectivity index (χ1v) is 28.1. The molecule has 0 radical (unpaired) electrons. The van der Waals surface area contributed by atoms with Crippen molar-refractivity contribution in [1.82, 2.24) is 45.5 Å². The number of anilines is 1. The van der Waals surface area contributed by atoms with Gasteiger partial charge in [0.05, 0.1) is 5.75 Å². The quantitative estimate of drug-likeness (QED) is 0.0664. The number of imide groups is 2. The molecule has 21 nitrogen and oxygen atoms in total.